The molecule has 5 rings (SSSR count). The minimum Gasteiger partial charge on any atom is -0.478 e. The number of carboxylic acids is 1. The Morgan fingerprint density at radius 2 is 1.83 bits per heavy atom. The Hall–Kier alpha value is -3.08. The number of benzene rings is 2. The van der Waals surface area contributed by atoms with Crippen LogP contribution in [-0.2, 0) is 6.54 Å². The van der Waals surface area contributed by atoms with Crippen LogP contribution in [0.25, 0.3) is 22.2 Å². The zero-order valence-corrected chi connectivity index (χ0v) is 16.5. The molecule has 1 aliphatic heterocycles. The average molecular weight is 388 g/mol. The van der Waals surface area contributed by atoms with Crippen molar-refractivity contribution in [1.82, 2.24) is 9.47 Å². The van der Waals surface area contributed by atoms with Crippen LogP contribution >= 0.6 is 0 Å². The van der Waals surface area contributed by atoms with Crippen molar-refractivity contribution in [2.45, 2.75) is 44.6 Å². The Bertz CT molecular complexity index is 1140. The Morgan fingerprint density at radius 3 is 2.59 bits per heavy atom. The first kappa shape index (κ1) is 18.0. The van der Waals surface area contributed by atoms with E-state index in [0.717, 1.165) is 35.0 Å². The Morgan fingerprint density at radius 1 is 1.07 bits per heavy atom. The van der Waals surface area contributed by atoms with E-state index in [-0.39, 0.29) is 11.6 Å². The molecule has 0 unspecified atom stereocenters. The van der Waals surface area contributed by atoms with E-state index in [1.165, 1.54) is 24.8 Å². The lowest BCUT2D eigenvalue weighted by Crippen LogP contribution is -2.29. The second-order valence-electron chi connectivity index (χ2n) is 8.27. The van der Waals surface area contributed by atoms with Crippen LogP contribution in [0.4, 0.5) is 4.79 Å². The fourth-order valence-corrected chi connectivity index (χ4v) is 5.10. The van der Waals surface area contributed by atoms with Crippen molar-refractivity contribution in [3.8, 4) is 11.3 Å². The molecule has 0 saturated heterocycles. The normalized spacial score (nSPS) is 17.1. The summed E-state index contributed by atoms with van der Waals surface area (Å²) in [7, 11) is 1.81. The smallest absolute Gasteiger partial charge is 0.335 e. The third kappa shape index (κ3) is 2.76. The molecule has 5 nitrogen and oxygen atoms in total. The zero-order valence-electron chi connectivity index (χ0n) is 16.5. The van der Waals surface area contributed by atoms with Crippen molar-refractivity contribution < 1.29 is 14.7 Å². The largest absolute Gasteiger partial charge is 0.478 e. The van der Waals surface area contributed by atoms with Crippen molar-refractivity contribution in [1.29, 1.82) is 0 Å². The molecular formula is C24H24N2O3. The van der Waals surface area contributed by atoms with E-state index in [0.29, 0.717) is 18.0 Å². The third-order valence-electron chi connectivity index (χ3n) is 6.47. The van der Waals surface area contributed by atoms with Gasteiger partial charge in [-0.25, -0.2) is 9.59 Å². The molecule has 148 valence electrons. The van der Waals surface area contributed by atoms with E-state index in [1.54, 1.807) is 28.6 Å². The molecule has 2 heterocycles. The summed E-state index contributed by atoms with van der Waals surface area (Å²) in [5.74, 6) is -0.584. The molecular weight excluding hydrogens is 364 g/mol. The minimum absolute atomic E-state index is 0.106. The molecule has 29 heavy (non-hydrogen) atoms. The molecule has 1 fully saturated rings. The van der Waals surface area contributed by atoms with Gasteiger partial charge in [-0.1, -0.05) is 49.6 Å². The van der Waals surface area contributed by atoms with Crippen LogP contribution in [0.2, 0.25) is 0 Å². The Kier molecular flexibility index (Phi) is 4.19. The molecule has 5 heteroatoms. The predicted octanol–water partition coefficient (Wildman–Crippen LogP) is 5.47. The molecule has 0 spiro atoms. The van der Waals surface area contributed by atoms with Gasteiger partial charge in [-0.05, 0) is 42.0 Å². The summed E-state index contributed by atoms with van der Waals surface area (Å²) in [6, 6.07) is 13.3. The summed E-state index contributed by atoms with van der Waals surface area (Å²) < 4.78 is 1.76. The van der Waals surface area contributed by atoms with Crippen molar-refractivity contribution in [2.75, 3.05) is 7.05 Å². The first-order chi connectivity index (χ1) is 14.1. The maximum absolute atomic E-state index is 13.4. The SMILES string of the molecule is CN1Cc2ccccc2-c2c(C3CCCCC3)c3ccc(C(=O)O)cc3n2C1=O. The monoisotopic (exact) mass is 388 g/mol. The van der Waals surface area contributed by atoms with Crippen LogP contribution < -0.4 is 0 Å². The summed E-state index contributed by atoms with van der Waals surface area (Å²) >= 11 is 0. The van der Waals surface area contributed by atoms with Gasteiger partial charge in [0, 0.05) is 24.5 Å². The van der Waals surface area contributed by atoms with E-state index >= 15 is 0 Å². The quantitative estimate of drug-likeness (QED) is 0.633. The first-order valence-corrected chi connectivity index (χ1v) is 10.3. The lowest BCUT2D eigenvalue weighted by atomic mass is 9.81. The molecule has 0 radical (unpaired) electrons. The second-order valence-corrected chi connectivity index (χ2v) is 8.27. The maximum Gasteiger partial charge on any atom is 0.335 e. The van der Waals surface area contributed by atoms with Gasteiger partial charge in [-0.3, -0.25) is 4.57 Å². The number of nitrogens with zero attached hydrogens (tertiary/aromatic N) is 2. The molecule has 3 aromatic rings. The van der Waals surface area contributed by atoms with Gasteiger partial charge in [0.25, 0.3) is 0 Å². The van der Waals surface area contributed by atoms with E-state index in [1.807, 2.05) is 18.2 Å². The van der Waals surface area contributed by atoms with Crippen LogP contribution in [0, 0.1) is 0 Å². The van der Waals surface area contributed by atoms with Gasteiger partial charge >= 0.3 is 12.0 Å². The standard InChI is InChI=1S/C24H24N2O3/c1-25-14-17-9-5-6-10-18(17)22-21(15-7-3-2-4-8-15)19-12-11-16(23(27)28)13-20(19)26(22)24(25)29/h5-6,9-13,15H,2-4,7-8,14H2,1H3,(H,27,28). The Balaban J connectivity index is 1.90. The summed E-state index contributed by atoms with van der Waals surface area (Å²) in [4.78, 5) is 26.8. The fraction of sp³-hybridized carbons (Fsp3) is 0.333. The minimum atomic E-state index is -0.975. The van der Waals surface area contributed by atoms with E-state index in [4.69, 9.17) is 0 Å². The van der Waals surface area contributed by atoms with Crippen molar-refractivity contribution in [3.05, 3.63) is 59.2 Å². The summed E-state index contributed by atoms with van der Waals surface area (Å²) in [5, 5.41) is 10.5. The van der Waals surface area contributed by atoms with Crippen molar-refractivity contribution in [3.63, 3.8) is 0 Å². The summed E-state index contributed by atoms with van der Waals surface area (Å²) in [6.45, 7) is 0.543. The van der Waals surface area contributed by atoms with Crippen molar-refractivity contribution in [2.24, 2.45) is 0 Å². The molecule has 1 aliphatic carbocycles. The maximum atomic E-state index is 13.4. The van der Waals surface area contributed by atoms with Crippen LogP contribution in [-0.4, -0.2) is 33.6 Å². The molecule has 1 aromatic heterocycles. The van der Waals surface area contributed by atoms with Crippen LogP contribution in [0.1, 0.15) is 59.5 Å². The van der Waals surface area contributed by atoms with Gasteiger partial charge in [-0.15, -0.1) is 0 Å². The summed E-state index contributed by atoms with van der Waals surface area (Å²) in [5.41, 5.74) is 5.29. The van der Waals surface area contributed by atoms with Gasteiger partial charge < -0.3 is 10.0 Å². The van der Waals surface area contributed by atoms with Gasteiger partial charge in [0.2, 0.25) is 0 Å². The second kappa shape index (κ2) is 6.76. The highest BCUT2D eigenvalue weighted by Gasteiger charge is 2.32. The van der Waals surface area contributed by atoms with Gasteiger partial charge in [0.15, 0.2) is 0 Å². The molecule has 2 aromatic carbocycles. The number of fused-ring (bicyclic) bond motifs is 5. The van der Waals surface area contributed by atoms with Gasteiger partial charge in [-0.2, -0.15) is 0 Å². The zero-order chi connectivity index (χ0) is 20.1. The lowest BCUT2D eigenvalue weighted by molar-refractivity contribution is 0.0697. The van der Waals surface area contributed by atoms with E-state index in [9.17, 15) is 14.7 Å². The first-order valence-electron chi connectivity index (χ1n) is 10.3. The van der Waals surface area contributed by atoms with Crippen LogP contribution in [0.3, 0.4) is 0 Å². The number of hydrogen-bond acceptors (Lipinski definition) is 2. The van der Waals surface area contributed by atoms with Gasteiger partial charge in [0.05, 0.1) is 16.8 Å². The molecule has 1 saturated carbocycles. The summed E-state index contributed by atoms with van der Waals surface area (Å²) in [6.07, 6.45) is 5.86. The number of amides is 1. The molecule has 2 aliphatic rings. The Labute approximate surface area is 169 Å². The van der Waals surface area contributed by atoms with Gasteiger partial charge in [0.1, 0.15) is 0 Å². The van der Waals surface area contributed by atoms with Crippen LogP contribution in [0.15, 0.2) is 42.5 Å². The highest BCUT2D eigenvalue weighted by Crippen LogP contribution is 2.46. The molecule has 1 N–H and O–H groups in total. The number of aromatic carboxylic acids is 1. The number of carboxylic acid groups (broad SMARTS) is 1. The molecule has 0 atom stereocenters. The topological polar surface area (TPSA) is 62.5 Å². The van der Waals surface area contributed by atoms with Crippen LogP contribution in [0.5, 0.6) is 0 Å². The third-order valence-corrected chi connectivity index (χ3v) is 6.47. The van der Waals surface area contributed by atoms with Crippen molar-refractivity contribution >= 4 is 22.9 Å². The van der Waals surface area contributed by atoms with E-state index < -0.39 is 5.97 Å². The number of rotatable bonds is 2. The number of carbonyl (C=O) groups is 2. The van der Waals surface area contributed by atoms with E-state index in [2.05, 4.69) is 12.1 Å². The number of hydrogen-bond donors (Lipinski definition) is 1. The highest BCUT2D eigenvalue weighted by molar-refractivity contribution is 6.04. The lowest BCUT2D eigenvalue weighted by Gasteiger charge is -2.23. The number of carbonyl (C=O) groups excluding carboxylic acids is 1. The molecule has 1 amide bonds. The molecule has 0 bridgehead atoms. The predicted molar refractivity (Wildman–Crippen MR) is 112 cm³/mol. The fourth-order valence-electron chi connectivity index (χ4n) is 5.10. The highest BCUT2D eigenvalue weighted by atomic mass is 16.4. The number of aromatic nitrogens is 1. The average Bonchev–Trinajstić information content (AvgIpc) is 3.02.